The minimum atomic E-state index is -0.161. The van der Waals surface area contributed by atoms with Crippen LogP contribution in [0.3, 0.4) is 0 Å². The van der Waals surface area contributed by atoms with Crippen LogP contribution in [0.2, 0.25) is 0 Å². The molecule has 0 saturated carbocycles. The minimum Gasteiger partial charge on any atom is -0.461 e. The summed E-state index contributed by atoms with van der Waals surface area (Å²) in [7, 11) is 1.88. The van der Waals surface area contributed by atoms with Crippen LogP contribution in [0.15, 0.2) is 38.8 Å². The zero-order valence-corrected chi connectivity index (χ0v) is 15.2. The van der Waals surface area contributed by atoms with Crippen LogP contribution >= 0.6 is 23.1 Å². The molecule has 4 rings (SSSR count). The largest absolute Gasteiger partial charge is 0.461 e. The van der Waals surface area contributed by atoms with Gasteiger partial charge < -0.3 is 8.98 Å². The molecular formula is C15H14N6O2S2. The van der Waals surface area contributed by atoms with Gasteiger partial charge in [-0.2, -0.15) is 9.61 Å². The predicted molar refractivity (Wildman–Crippen MR) is 94.8 cm³/mol. The summed E-state index contributed by atoms with van der Waals surface area (Å²) >= 11 is 2.91. The molecule has 128 valence electrons. The maximum atomic E-state index is 12.2. The molecule has 0 fully saturated rings. The van der Waals surface area contributed by atoms with Crippen molar-refractivity contribution in [3.8, 4) is 11.6 Å². The second-order valence-corrected chi connectivity index (χ2v) is 7.24. The first-order chi connectivity index (χ1) is 12.2. The zero-order chi connectivity index (χ0) is 17.4. The van der Waals surface area contributed by atoms with Gasteiger partial charge in [-0.3, -0.25) is 4.79 Å². The first kappa shape index (κ1) is 16.0. The third kappa shape index (κ3) is 2.98. The highest BCUT2D eigenvalue weighted by Gasteiger charge is 2.14. The van der Waals surface area contributed by atoms with Crippen LogP contribution in [0, 0.1) is 0 Å². The molecule has 4 heterocycles. The van der Waals surface area contributed by atoms with Crippen molar-refractivity contribution in [3.63, 3.8) is 0 Å². The van der Waals surface area contributed by atoms with Crippen LogP contribution in [0.5, 0.6) is 0 Å². The van der Waals surface area contributed by atoms with Crippen molar-refractivity contribution in [1.82, 2.24) is 29.4 Å². The Morgan fingerprint density at radius 1 is 1.36 bits per heavy atom. The Balaban J connectivity index is 1.57. The van der Waals surface area contributed by atoms with Crippen molar-refractivity contribution in [2.24, 2.45) is 7.05 Å². The Bertz CT molecular complexity index is 1080. The molecule has 0 saturated heterocycles. The highest BCUT2D eigenvalue weighted by Crippen LogP contribution is 2.25. The molecule has 0 aliphatic carbocycles. The van der Waals surface area contributed by atoms with E-state index >= 15 is 0 Å². The Labute approximate surface area is 150 Å². The van der Waals surface area contributed by atoms with E-state index in [2.05, 4.69) is 20.3 Å². The molecule has 0 radical (unpaired) electrons. The van der Waals surface area contributed by atoms with E-state index in [4.69, 9.17) is 4.42 Å². The van der Waals surface area contributed by atoms with E-state index in [9.17, 15) is 4.79 Å². The monoisotopic (exact) mass is 374 g/mol. The van der Waals surface area contributed by atoms with E-state index in [1.165, 1.54) is 33.7 Å². The van der Waals surface area contributed by atoms with E-state index in [-0.39, 0.29) is 5.56 Å². The van der Waals surface area contributed by atoms with E-state index in [1.54, 1.807) is 6.26 Å². The summed E-state index contributed by atoms with van der Waals surface area (Å²) in [6.07, 6.45) is 2.38. The summed E-state index contributed by atoms with van der Waals surface area (Å²) in [4.78, 5) is 17.3. The smallest absolute Gasteiger partial charge is 0.275 e. The van der Waals surface area contributed by atoms with Crippen molar-refractivity contribution in [2.45, 2.75) is 24.3 Å². The standard InChI is InChI=1S/C15H14N6O2S2/c1-3-11-19-21-12(22)7-9(16-14(21)25-11)8-24-15-18-17-13(20(15)2)10-5-4-6-23-10/h4-7H,3,8H2,1-2H3. The first-order valence-electron chi connectivity index (χ1n) is 7.60. The lowest BCUT2D eigenvalue weighted by atomic mass is 10.4. The van der Waals surface area contributed by atoms with Crippen LogP contribution in [0.1, 0.15) is 17.6 Å². The Morgan fingerprint density at radius 3 is 3.00 bits per heavy atom. The second kappa shape index (κ2) is 6.45. The van der Waals surface area contributed by atoms with Gasteiger partial charge in [-0.05, 0) is 18.6 Å². The molecule has 0 aromatic carbocycles. The van der Waals surface area contributed by atoms with Crippen molar-refractivity contribution in [3.05, 3.63) is 45.5 Å². The molecule has 25 heavy (non-hydrogen) atoms. The van der Waals surface area contributed by atoms with Crippen molar-refractivity contribution < 1.29 is 4.42 Å². The van der Waals surface area contributed by atoms with Crippen LogP contribution in [0.25, 0.3) is 16.5 Å². The molecule has 0 N–H and O–H groups in total. The highest BCUT2D eigenvalue weighted by atomic mass is 32.2. The van der Waals surface area contributed by atoms with Gasteiger partial charge in [0.15, 0.2) is 16.7 Å². The quantitative estimate of drug-likeness (QED) is 0.495. The third-order valence-electron chi connectivity index (χ3n) is 3.57. The molecule has 4 aromatic rings. The maximum Gasteiger partial charge on any atom is 0.275 e. The number of nitrogens with zero attached hydrogens (tertiary/aromatic N) is 6. The number of rotatable bonds is 5. The number of hydrogen-bond donors (Lipinski definition) is 0. The number of aromatic nitrogens is 6. The number of aryl methyl sites for hydroxylation is 1. The fourth-order valence-corrected chi connectivity index (χ4v) is 3.97. The van der Waals surface area contributed by atoms with Crippen LogP contribution in [-0.2, 0) is 19.2 Å². The zero-order valence-electron chi connectivity index (χ0n) is 13.5. The summed E-state index contributed by atoms with van der Waals surface area (Å²) in [5, 5.41) is 14.2. The summed E-state index contributed by atoms with van der Waals surface area (Å²) in [5.41, 5.74) is 0.537. The molecular weight excluding hydrogens is 360 g/mol. The maximum absolute atomic E-state index is 12.2. The van der Waals surface area contributed by atoms with Gasteiger partial charge in [0.25, 0.3) is 5.56 Å². The summed E-state index contributed by atoms with van der Waals surface area (Å²) in [6.45, 7) is 2.00. The topological polar surface area (TPSA) is 91.1 Å². The molecule has 4 aromatic heterocycles. The fraction of sp³-hybridized carbons (Fsp3) is 0.267. The molecule has 0 aliphatic heterocycles. The third-order valence-corrected chi connectivity index (χ3v) is 5.67. The van der Waals surface area contributed by atoms with Gasteiger partial charge in [0, 0.05) is 18.9 Å². The average molecular weight is 374 g/mol. The molecule has 0 spiro atoms. The van der Waals surface area contributed by atoms with E-state index in [1.807, 2.05) is 30.7 Å². The molecule has 10 heteroatoms. The fourth-order valence-electron chi connectivity index (χ4n) is 2.31. The van der Waals surface area contributed by atoms with Gasteiger partial charge in [-0.1, -0.05) is 30.0 Å². The van der Waals surface area contributed by atoms with E-state index < -0.39 is 0 Å². The number of hydrogen-bond acceptors (Lipinski definition) is 8. The van der Waals surface area contributed by atoms with Crippen LogP contribution in [0.4, 0.5) is 0 Å². The summed E-state index contributed by atoms with van der Waals surface area (Å²) in [6, 6.07) is 5.16. The van der Waals surface area contributed by atoms with Gasteiger partial charge in [0.2, 0.25) is 4.96 Å². The minimum absolute atomic E-state index is 0.161. The van der Waals surface area contributed by atoms with Crippen molar-refractivity contribution in [2.75, 3.05) is 0 Å². The summed E-state index contributed by atoms with van der Waals surface area (Å²) in [5.74, 6) is 1.84. The van der Waals surface area contributed by atoms with E-state index in [0.29, 0.717) is 28.0 Å². The van der Waals surface area contributed by atoms with E-state index in [0.717, 1.165) is 16.6 Å². The van der Waals surface area contributed by atoms with Crippen molar-refractivity contribution in [1.29, 1.82) is 0 Å². The molecule has 0 unspecified atom stereocenters. The Hall–Kier alpha value is -2.46. The Kier molecular flexibility index (Phi) is 4.14. The van der Waals surface area contributed by atoms with Crippen LogP contribution in [-0.4, -0.2) is 29.4 Å². The molecule has 8 nitrogen and oxygen atoms in total. The van der Waals surface area contributed by atoms with Gasteiger partial charge in [-0.15, -0.1) is 10.2 Å². The SMILES string of the molecule is CCc1nn2c(=O)cc(CSc3nnc(-c4ccco4)n3C)nc2s1. The van der Waals surface area contributed by atoms with Gasteiger partial charge in [-0.25, -0.2) is 4.98 Å². The normalized spacial score (nSPS) is 11.4. The van der Waals surface area contributed by atoms with Gasteiger partial charge in [0.05, 0.1) is 12.0 Å². The number of furan rings is 1. The lowest BCUT2D eigenvalue weighted by molar-refractivity contribution is 0.572. The molecule has 0 bridgehead atoms. The Morgan fingerprint density at radius 2 is 2.24 bits per heavy atom. The lowest BCUT2D eigenvalue weighted by Crippen LogP contribution is -2.15. The second-order valence-electron chi connectivity index (χ2n) is 5.26. The molecule has 0 aliphatic rings. The average Bonchev–Trinajstić information content (AvgIpc) is 3.32. The number of thioether (sulfide) groups is 1. The predicted octanol–water partition coefficient (Wildman–Crippen LogP) is 2.39. The highest BCUT2D eigenvalue weighted by molar-refractivity contribution is 7.98. The lowest BCUT2D eigenvalue weighted by Gasteiger charge is -2.02. The van der Waals surface area contributed by atoms with Gasteiger partial charge in [0.1, 0.15) is 5.01 Å². The van der Waals surface area contributed by atoms with Gasteiger partial charge >= 0.3 is 0 Å². The summed E-state index contributed by atoms with van der Waals surface area (Å²) < 4.78 is 8.57. The molecule has 0 atom stereocenters. The first-order valence-corrected chi connectivity index (χ1v) is 9.40. The van der Waals surface area contributed by atoms with Crippen LogP contribution < -0.4 is 5.56 Å². The number of fused-ring (bicyclic) bond motifs is 1. The molecule has 0 amide bonds. The van der Waals surface area contributed by atoms with Crippen molar-refractivity contribution >= 4 is 28.1 Å².